The van der Waals surface area contributed by atoms with Crippen molar-refractivity contribution in [3.63, 3.8) is 0 Å². The van der Waals surface area contributed by atoms with Gasteiger partial charge in [0.1, 0.15) is 0 Å². The van der Waals surface area contributed by atoms with Crippen molar-refractivity contribution >= 4 is 17.1 Å². The quantitative estimate of drug-likeness (QED) is 0.544. The normalized spacial score (nSPS) is 23.5. The number of amides is 1. The fourth-order valence-electron chi connectivity index (χ4n) is 6.15. The fraction of sp³-hybridized carbons (Fsp3) is 0.517. The zero-order valence-corrected chi connectivity index (χ0v) is 21.2. The maximum absolute atomic E-state index is 12.4. The summed E-state index contributed by atoms with van der Waals surface area (Å²) in [5.41, 5.74) is 6.21. The van der Waals surface area contributed by atoms with Gasteiger partial charge in [-0.1, -0.05) is 24.3 Å². The molecule has 2 atom stereocenters. The Morgan fingerprint density at radius 3 is 2.40 bits per heavy atom. The van der Waals surface area contributed by atoms with Gasteiger partial charge in [-0.2, -0.15) is 5.10 Å². The molecule has 2 aliphatic heterocycles. The summed E-state index contributed by atoms with van der Waals surface area (Å²) in [6.07, 6.45) is 7.42. The molecule has 6 heteroatoms. The van der Waals surface area contributed by atoms with Crippen LogP contribution in [0.5, 0.6) is 0 Å². The summed E-state index contributed by atoms with van der Waals surface area (Å²) >= 11 is 0. The second-order valence-electron chi connectivity index (χ2n) is 11.1. The number of carbonyl (C=O) groups excluding carboxylic acids is 1. The van der Waals surface area contributed by atoms with Crippen LogP contribution in [0.3, 0.4) is 0 Å². The second-order valence-corrected chi connectivity index (χ2v) is 11.1. The smallest absolute Gasteiger partial charge is 0.225 e. The largest absolute Gasteiger partial charge is 0.366 e. The van der Waals surface area contributed by atoms with Gasteiger partial charge < -0.3 is 9.80 Å². The van der Waals surface area contributed by atoms with Gasteiger partial charge in [-0.25, -0.2) is 4.52 Å². The van der Waals surface area contributed by atoms with Gasteiger partial charge in [-0.3, -0.25) is 9.69 Å². The molecule has 2 aromatic heterocycles. The van der Waals surface area contributed by atoms with Crippen molar-refractivity contribution in [1.29, 1.82) is 0 Å². The molecule has 184 valence electrons. The number of aromatic nitrogens is 2. The Bertz CT molecular complexity index is 1200. The zero-order valence-electron chi connectivity index (χ0n) is 21.2. The monoisotopic (exact) mass is 471 g/mol. The standard InChI is InChI=1S/C29H37N5O/c1-20(2)33-18-25(16-21(33)3)22-4-6-23(7-5-22)26-17-28-27(10-11-30-34(28)19-26)31-12-14-32(15-13-31)29(35)24-8-9-24/h4-7,10-11,17,19-21,24-25H,8-9,12-16,18H2,1-3H3/t21-,25+/m1/s1. The van der Waals surface area contributed by atoms with E-state index in [1.165, 1.54) is 28.8 Å². The average Bonchev–Trinajstić information content (AvgIpc) is 3.51. The number of rotatable bonds is 5. The van der Waals surface area contributed by atoms with Crippen molar-refractivity contribution < 1.29 is 4.79 Å². The van der Waals surface area contributed by atoms with Crippen molar-refractivity contribution in [3.05, 3.63) is 54.4 Å². The summed E-state index contributed by atoms with van der Waals surface area (Å²) in [6, 6.07) is 14.8. The van der Waals surface area contributed by atoms with Gasteiger partial charge in [0.2, 0.25) is 5.91 Å². The molecule has 3 aromatic rings. The number of hydrogen-bond donors (Lipinski definition) is 0. The minimum atomic E-state index is 0.306. The molecule has 1 saturated carbocycles. The van der Waals surface area contributed by atoms with Crippen LogP contribution >= 0.6 is 0 Å². The lowest BCUT2D eigenvalue weighted by atomic mass is 9.95. The Labute approximate surface area is 208 Å². The van der Waals surface area contributed by atoms with Gasteiger partial charge in [-0.15, -0.1) is 0 Å². The first-order chi connectivity index (χ1) is 17.0. The van der Waals surface area contributed by atoms with Crippen LogP contribution in [0.1, 0.15) is 51.5 Å². The molecule has 0 unspecified atom stereocenters. The first-order valence-electron chi connectivity index (χ1n) is 13.3. The molecule has 35 heavy (non-hydrogen) atoms. The van der Waals surface area contributed by atoms with Crippen molar-refractivity contribution in [2.24, 2.45) is 5.92 Å². The zero-order chi connectivity index (χ0) is 24.1. The van der Waals surface area contributed by atoms with Crippen molar-refractivity contribution in [1.82, 2.24) is 19.4 Å². The van der Waals surface area contributed by atoms with Crippen LogP contribution in [-0.4, -0.2) is 70.1 Å². The Morgan fingerprint density at radius 2 is 1.74 bits per heavy atom. The predicted molar refractivity (Wildman–Crippen MR) is 141 cm³/mol. The van der Waals surface area contributed by atoms with Crippen molar-refractivity contribution in [2.75, 3.05) is 37.6 Å². The van der Waals surface area contributed by atoms with Crippen LogP contribution in [0.2, 0.25) is 0 Å². The third-order valence-corrected chi connectivity index (χ3v) is 8.35. The third kappa shape index (κ3) is 4.33. The highest BCUT2D eigenvalue weighted by molar-refractivity contribution is 5.82. The minimum absolute atomic E-state index is 0.306. The second kappa shape index (κ2) is 8.98. The molecule has 2 saturated heterocycles. The van der Waals surface area contributed by atoms with E-state index in [2.05, 4.69) is 83.2 Å². The van der Waals surface area contributed by atoms with Crippen molar-refractivity contribution in [3.8, 4) is 11.1 Å². The van der Waals surface area contributed by atoms with E-state index in [1.54, 1.807) is 0 Å². The maximum atomic E-state index is 12.4. The van der Waals surface area contributed by atoms with E-state index in [0.29, 0.717) is 29.8 Å². The van der Waals surface area contributed by atoms with Gasteiger partial charge >= 0.3 is 0 Å². The van der Waals surface area contributed by atoms with Crippen LogP contribution < -0.4 is 4.90 Å². The van der Waals surface area contributed by atoms with Crippen LogP contribution in [-0.2, 0) is 4.79 Å². The molecule has 0 radical (unpaired) electrons. The summed E-state index contributed by atoms with van der Waals surface area (Å²) in [5, 5.41) is 4.59. The van der Waals surface area contributed by atoms with E-state index < -0.39 is 0 Å². The average molecular weight is 472 g/mol. The molecule has 4 heterocycles. The van der Waals surface area contributed by atoms with E-state index in [-0.39, 0.29) is 0 Å². The van der Waals surface area contributed by atoms with Crippen LogP contribution in [0, 0.1) is 5.92 Å². The van der Waals surface area contributed by atoms with Gasteiger partial charge in [0.15, 0.2) is 0 Å². The number of anilines is 1. The number of hydrogen-bond acceptors (Lipinski definition) is 4. The lowest BCUT2D eigenvalue weighted by Gasteiger charge is -2.36. The van der Waals surface area contributed by atoms with Crippen LogP contribution in [0.25, 0.3) is 16.6 Å². The van der Waals surface area contributed by atoms with Crippen LogP contribution in [0.15, 0.2) is 48.8 Å². The van der Waals surface area contributed by atoms with E-state index in [9.17, 15) is 4.79 Å². The molecule has 3 fully saturated rings. The minimum Gasteiger partial charge on any atom is -0.366 e. The highest BCUT2D eigenvalue weighted by Crippen LogP contribution is 2.35. The molecule has 1 aliphatic carbocycles. The number of carbonyl (C=O) groups is 1. The first kappa shape index (κ1) is 22.6. The van der Waals surface area contributed by atoms with Gasteiger partial charge in [0.05, 0.1) is 11.2 Å². The molecule has 0 bridgehead atoms. The summed E-state index contributed by atoms with van der Waals surface area (Å²) in [5.74, 6) is 1.29. The van der Waals surface area contributed by atoms with E-state index >= 15 is 0 Å². The third-order valence-electron chi connectivity index (χ3n) is 8.35. The van der Waals surface area contributed by atoms with Crippen molar-refractivity contribution in [2.45, 2.75) is 58.0 Å². The van der Waals surface area contributed by atoms with Gasteiger partial charge in [0.25, 0.3) is 0 Å². The Hall–Kier alpha value is -2.86. The summed E-state index contributed by atoms with van der Waals surface area (Å²) in [4.78, 5) is 19.5. The molecular formula is C29H37N5O. The molecule has 3 aliphatic rings. The predicted octanol–water partition coefficient (Wildman–Crippen LogP) is 4.65. The molecule has 1 amide bonds. The molecule has 1 aromatic carbocycles. The number of piperazine rings is 1. The number of fused-ring (bicyclic) bond motifs is 1. The SMILES string of the molecule is CC(C)N1C[C@@H](c2ccc(-c3cc4c(N5CCN(C(=O)C6CC6)CC5)ccnn4c3)cc2)C[C@H]1C. The molecule has 0 N–H and O–H groups in total. The maximum Gasteiger partial charge on any atom is 0.225 e. The Balaban J connectivity index is 1.19. The lowest BCUT2D eigenvalue weighted by molar-refractivity contribution is -0.132. The van der Waals surface area contributed by atoms with E-state index in [1.807, 2.05) is 10.7 Å². The molecule has 6 rings (SSSR count). The van der Waals surface area contributed by atoms with E-state index in [0.717, 1.165) is 51.1 Å². The van der Waals surface area contributed by atoms with E-state index in [4.69, 9.17) is 0 Å². The highest BCUT2D eigenvalue weighted by Gasteiger charge is 2.35. The molecule has 6 nitrogen and oxygen atoms in total. The number of likely N-dealkylation sites (tertiary alicyclic amines) is 1. The summed E-state index contributed by atoms with van der Waals surface area (Å²) < 4.78 is 2.00. The Kier molecular flexibility index (Phi) is 5.79. The Morgan fingerprint density at radius 1 is 1.00 bits per heavy atom. The summed E-state index contributed by atoms with van der Waals surface area (Å²) in [6.45, 7) is 11.5. The summed E-state index contributed by atoms with van der Waals surface area (Å²) in [7, 11) is 0. The van der Waals surface area contributed by atoms with Gasteiger partial charge in [0, 0.05) is 68.7 Å². The first-order valence-corrected chi connectivity index (χ1v) is 13.3. The topological polar surface area (TPSA) is 44.1 Å². The highest BCUT2D eigenvalue weighted by atomic mass is 16.2. The number of nitrogens with zero attached hydrogens (tertiary/aromatic N) is 5. The fourth-order valence-corrected chi connectivity index (χ4v) is 6.15. The molecular weight excluding hydrogens is 434 g/mol. The van der Waals surface area contributed by atoms with Crippen LogP contribution in [0.4, 0.5) is 5.69 Å². The molecule has 0 spiro atoms. The lowest BCUT2D eigenvalue weighted by Crippen LogP contribution is -2.49. The van der Waals surface area contributed by atoms with Gasteiger partial charge in [-0.05, 0) is 69.2 Å². The number of benzene rings is 1.